The molecule has 1 aromatic heterocycles. The molecule has 1 fully saturated rings. The minimum Gasteiger partial charge on any atom is -0.272 e. The molecule has 0 aliphatic heterocycles. The molecule has 0 saturated heterocycles. The first-order chi connectivity index (χ1) is 9.79. The van der Waals surface area contributed by atoms with Crippen LogP contribution in [0, 0.1) is 28.1 Å². The van der Waals surface area contributed by atoms with Gasteiger partial charge in [-0.2, -0.15) is 10.4 Å². The minimum atomic E-state index is -0.180. The van der Waals surface area contributed by atoms with Crippen LogP contribution in [0.1, 0.15) is 64.8 Å². The van der Waals surface area contributed by atoms with Crippen molar-refractivity contribution in [2.45, 2.75) is 66.2 Å². The number of aromatic nitrogens is 2. The normalized spacial score (nSPS) is 26.6. The Morgan fingerprint density at radius 2 is 2.00 bits per heavy atom. The summed E-state index contributed by atoms with van der Waals surface area (Å²) in [6, 6.07) is 4.83. The Morgan fingerprint density at radius 3 is 2.43 bits per heavy atom. The van der Waals surface area contributed by atoms with Crippen molar-refractivity contribution in [2.75, 3.05) is 0 Å². The van der Waals surface area contributed by atoms with Crippen molar-refractivity contribution in [1.29, 1.82) is 5.26 Å². The molecule has 1 aliphatic carbocycles. The molecule has 1 aromatic rings. The summed E-state index contributed by atoms with van der Waals surface area (Å²) in [5.74, 6) is 0.747. The van der Waals surface area contributed by atoms with Gasteiger partial charge in [-0.3, -0.25) is 4.68 Å². The van der Waals surface area contributed by atoms with E-state index in [1.54, 1.807) is 0 Å². The van der Waals surface area contributed by atoms with E-state index in [-0.39, 0.29) is 5.41 Å². The van der Waals surface area contributed by atoms with E-state index in [1.807, 2.05) is 11.7 Å². The van der Waals surface area contributed by atoms with Gasteiger partial charge in [-0.1, -0.05) is 27.7 Å². The summed E-state index contributed by atoms with van der Waals surface area (Å²) in [5, 5.41) is 14.3. The van der Waals surface area contributed by atoms with Crippen LogP contribution in [-0.2, 0) is 19.9 Å². The van der Waals surface area contributed by atoms with E-state index < -0.39 is 0 Å². The third-order valence-electron chi connectivity index (χ3n) is 5.31. The summed E-state index contributed by atoms with van der Waals surface area (Å²) < 4.78 is 1.97. The van der Waals surface area contributed by atoms with E-state index in [1.165, 1.54) is 18.5 Å². The minimum absolute atomic E-state index is 0.180. The maximum absolute atomic E-state index is 9.77. The molecule has 3 nitrogen and oxygen atoms in total. The Hall–Kier alpha value is -1.30. The molecule has 0 amide bonds. The largest absolute Gasteiger partial charge is 0.272 e. The van der Waals surface area contributed by atoms with Crippen molar-refractivity contribution in [1.82, 2.24) is 9.78 Å². The second-order valence-electron chi connectivity index (χ2n) is 7.81. The van der Waals surface area contributed by atoms with Crippen LogP contribution in [0.25, 0.3) is 0 Å². The lowest BCUT2D eigenvalue weighted by molar-refractivity contribution is 0.119. The maximum Gasteiger partial charge on any atom is 0.0693 e. The van der Waals surface area contributed by atoms with Gasteiger partial charge in [0.2, 0.25) is 0 Å². The molecular formula is C18H29N3. The Morgan fingerprint density at radius 1 is 1.38 bits per heavy atom. The lowest BCUT2D eigenvalue weighted by atomic mass is 9.63. The zero-order valence-electron chi connectivity index (χ0n) is 14.2. The molecule has 21 heavy (non-hydrogen) atoms. The van der Waals surface area contributed by atoms with Crippen molar-refractivity contribution in [3.63, 3.8) is 0 Å². The van der Waals surface area contributed by atoms with Gasteiger partial charge < -0.3 is 0 Å². The van der Waals surface area contributed by atoms with Crippen LogP contribution in [0.5, 0.6) is 0 Å². The number of hydrogen-bond acceptors (Lipinski definition) is 2. The molecule has 116 valence electrons. The molecule has 2 rings (SSSR count). The summed E-state index contributed by atoms with van der Waals surface area (Å²) in [7, 11) is 2.00. The zero-order chi connectivity index (χ0) is 15.7. The van der Waals surface area contributed by atoms with E-state index in [0.717, 1.165) is 37.3 Å². The van der Waals surface area contributed by atoms with Gasteiger partial charge in [0.25, 0.3) is 0 Å². The summed E-state index contributed by atoms with van der Waals surface area (Å²) in [6.07, 6.45) is 6.21. The molecule has 0 aromatic carbocycles. The van der Waals surface area contributed by atoms with Crippen molar-refractivity contribution in [3.8, 4) is 6.07 Å². The molecular weight excluding hydrogens is 258 g/mol. The Balaban J connectivity index is 2.10. The molecule has 1 heterocycles. The molecule has 0 spiro atoms. The first kappa shape index (κ1) is 16.1. The van der Waals surface area contributed by atoms with Gasteiger partial charge >= 0.3 is 0 Å². The van der Waals surface area contributed by atoms with Gasteiger partial charge in [0.05, 0.1) is 17.2 Å². The van der Waals surface area contributed by atoms with E-state index >= 15 is 0 Å². The highest BCUT2D eigenvalue weighted by molar-refractivity contribution is 5.16. The van der Waals surface area contributed by atoms with E-state index in [4.69, 9.17) is 0 Å². The molecule has 0 bridgehead atoms. The van der Waals surface area contributed by atoms with Crippen LogP contribution in [0.2, 0.25) is 0 Å². The van der Waals surface area contributed by atoms with Crippen LogP contribution >= 0.6 is 0 Å². The van der Waals surface area contributed by atoms with Gasteiger partial charge in [0.15, 0.2) is 0 Å². The SMILES string of the molecule is CCc1cc(CC2(C#N)CCC(C(C)(C)C)CC2)n(C)n1. The number of nitriles is 1. The predicted molar refractivity (Wildman–Crippen MR) is 85.7 cm³/mol. The fourth-order valence-corrected chi connectivity index (χ4v) is 3.62. The molecule has 1 aliphatic rings. The van der Waals surface area contributed by atoms with Gasteiger partial charge in [0, 0.05) is 19.2 Å². The van der Waals surface area contributed by atoms with Crippen molar-refractivity contribution in [2.24, 2.45) is 23.8 Å². The third kappa shape index (κ3) is 3.48. The fourth-order valence-electron chi connectivity index (χ4n) is 3.62. The van der Waals surface area contributed by atoms with Crippen molar-refractivity contribution < 1.29 is 0 Å². The second kappa shape index (κ2) is 5.83. The fraction of sp³-hybridized carbons (Fsp3) is 0.778. The van der Waals surface area contributed by atoms with Gasteiger partial charge in [0.1, 0.15) is 0 Å². The van der Waals surface area contributed by atoms with Crippen LogP contribution in [-0.4, -0.2) is 9.78 Å². The number of rotatable bonds is 3. The summed E-state index contributed by atoms with van der Waals surface area (Å²) >= 11 is 0. The highest BCUT2D eigenvalue weighted by atomic mass is 15.3. The average molecular weight is 287 g/mol. The third-order valence-corrected chi connectivity index (χ3v) is 5.31. The molecule has 3 heteroatoms. The second-order valence-corrected chi connectivity index (χ2v) is 7.81. The highest BCUT2D eigenvalue weighted by Gasteiger charge is 2.39. The number of aryl methyl sites for hydroxylation is 2. The molecule has 0 unspecified atom stereocenters. The van der Waals surface area contributed by atoms with Gasteiger partial charge in [-0.25, -0.2) is 0 Å². The van der Waals surface area contributed by atoms with Crippen LogP contribution in [0.4, 0.5) is 0 Å². The van der Waals surface area contributed by atoms with Gasteiger partial charge in [-0.15, -0.1) is 0 Å². The van der Waals surface area contributed by atoms with E-state index in [0.29, 0.717) is 5.41 Å². The number of nitrogens with zero attached hydrogens (tertiary/aromatic N) is 3. The van der Waals surface area contributed by atoms with E-state index in [2.05, 4.69) is 44.9 Å². The standard InChI is InChI=1S/C18H29N3/c1-6-15-11-16(21(5)20-15)12-18(13-19)9-7-14(8-10-18)17(2,3)4/h11,14H,6-10,12H2,1-5H3. The molecule has 1 saturated carbocycles. The lowest BCUT2D eigenvalue weighted by Gasteiger charge is -2.40. The van der Waals surface area contributed by atoms with Crippen LogP contribution in [0.15, 0.2) is 6.07 Å². The first-order valence-corrected chi connectivity index (χ1v) is 8.23. The Bertz CT molecular complexity index is 520. The lowest BCUT2D eigenvalue weighted by Crippen LogP contribution is -2.33. The topological polar surface area (TPSA) is 41.6 Å². The van der Waals surface area contributed by atoms with Gasteiger partial charge in [-0.05, 0) is 49.5 Å². The summed E-state index contributed by atoms with van der Waals surface area (Å²) in [6.45, 7) is 9.10. The monoisotopic (exact) mass is 287 g/mol. The molecule has 0 N–H and O–H groups in total. The molecule has 0 atom stereocenters. The predicted octanol–water partition coefficient (Wildman–Crippen LogP) is 4.27. The Labute approximate surface area is 129 Å². The highest BCUT2D eigenvalue weighted by Crippen LogP contribution is 2.46. The Kier molecular flexibility index (Phi) is 4.46. The van der Waals surface area contributed by atoms with Crippen molar-refractivity contribution >= 4 is 0 Å². The van der Waals surface area contributed by atoms with Crippen LogP contribution in [0.3, 0.4) is 0 Å². The first-order valence-electron chi connectivity index (χ1n) is 8.23. The maximum atomic E-state index is 9.77. The molecule has 0 radical (unpaired) electrons. The summed E-state index contributed by atoms with van der Waals surface area (Å²) in [4.78, 5) is 0. The smallest absolute Gasteiger partial charge is 0.0693 e. The zero-order valence-corrected chi connectivity index (χ0v) is 14.2. The van der Waals surface area contributed by atoms with Crippen LogP contribution < -0.4 is 0 Å². The van der Waals surface area contributed by atoms with E-state index in [9.17, 15) is 5.26 Å². The quantitative estimate of drug-likeness (QED) is 0.833. The number of hydrogen-bond donors (Lipinski definition) is 0. The average Bonchev–Trinajstić information content (AvgIpc) is 2.79. The summed E-state index contributed by atoms with van der Waals surface area (Å²) in [5.41, 5.74) is 2.52. The van der Waals surface area contributed by atoms with Crippen molar-refractivity contribution in [3.05, 3.63) is 17.5 Å².